The van der Waals surface area contributed by atoms with Gasteiger partial charge in [0.05, 0.1) is 6.61 Å². The molecule has 1 aromatic carbocycles. The number of alkyl halides is 1. The zero-order valence-corrected chi connectivity index (χ0v) is 18.8. The number of benzene rings is 1. The van der Waals surface area contributed by atoms with Gasteiger partial charge in [-0.25, -0.2) is 14.2 Å². The van der Waals surface area contributed by atoms with Gasteiger partial charge in [-0.15, -0.1) is 0 Å². The highest BCUT2D eigenvalue weighted by Gasteiger charge is 2.28. The van der Waals surface area contributed by atoms with Crippen LogP contribution >= 0.6 is 0 Å². The summed E-state index contributed by atoms with van der Waals surface area (Å²) >= 11 is 0. The molecule has 0 radical (unpaired) electrons. The average molecular weight is 429 g/mol. The van der Waals surface area contributed by atoms with E-state index in [-0.39, 0.29) is 6.09 Å². The molecule has 1 aromatic heterocycles. The van der Waals surface area contributed by atoms with Crippen LogP contribution in [0.4, 0.5) is 15.0 Å². The zero-order chi connectivity index (χ0) is 22.3. The minimum Gasteiger partial charge on any atom is -0.443 e. The fourth-order valence-electron chi connectivity index (χ4n) is 3.54. The molecule has 168 valence electrons. The van der Waals surface area contributed by atoms with Gasteiger partial charge in [0.15, 0.2) is 0 Å². The Balaban J connectivity index is 1.49. The first-order valence-corrected chi connectivity index (χ1v) is 11.1. The predicted octanol–water partition coefficient (Wildman–Crippen LogP) is 5.65. The summed E-state index contributed by atoms with van der Waals surface area (Å²) in [5.74, 6) is 0.652. The first-order valence-electron chi connectivity index (χ1n) is 11.1. The maximum atomic E-state index is 14.4. The molecule has 2 heterocycles. The Morgan fingerprint density at radius 3 is 2.68 bits per heavy atom. The first kappa shape index (κ1) is 23.2. The van der Waals surface area contributed by atoms with Gasteiger partial charge in [0.1, 0.15) is 17.6 Å². The molecule has 6 heteroatoms. The van der Waals surface area contributed by atoms with E-state index in [2.05, 4.69) is 4.98 Å². The summed E-state index contributed by atoms with van der Waals surface area (Å²) in [4.78, 5) is 18.9. The normalized spacial score (nSPS) is 14.8. The number of pyridine rings is 1. The molecule has 0 fully saturated rings. The molecule has 2 aromatic rings. The molecule has 0 saturated heterocycles. The summed E-state index contributed by atoms with van der Waals surface area (Å²) in [6.07, 6.45) is 1.70. The quantitative estimate of drug-likeness (QED) is 0.510. The number of aryl methyl sites for hydroxylation is 2. The van der Waals surface area contributed by atoms with Crippen LogP contribution in [0.2, 0.25) is 0 Å². The number of halogens is 1. The van der Waals surface area contributed by atoms with Crippen LogP contribution in [0.5, 0.6) is 0 Å². The van der Waals surface area contributed by atoms with Crippen LogP contribution in [0.1, 0.15) is 56.9 Å². The van der Waals surface area contributed by atoms with Gasteiger partial charge in [0, 0.05) is 25.3 Å². The van der Waals surface area contributed by atoms with Gasteiger partial charge in [-0.3, -0.25) is 4.90 Å². The Bertz CT molecular complexity index is 852. The molecule has 1 aliphatic rings. The van der Waals surface area contributed by atoms with Crippen LogP contribution in [0.25, 0.3) is 0 Å². The highest BCUT2D eigenvalue weighted by molar-refractivity contribution is 5.88. The summed E-state index contributed by atoms with van der Waals surface area (Å²) in [6.45, 7) is 7.03. The number of amides is 1. The van der Waals surface area contributed by atoms with Crippen molar-refractivity contribution in [1.29, 1.82) is 0 Å². The highest BCUT2D eigenvalue weighted by Crippen LogP contribution is 2.27. The topological polar surface area (TPSA) is 51.7 Å². The van der Waals surface area contributed by atoms with Gasteiger partial charge in [0.2, 0.25) is 0 Å². The molecule has 1 amide bonds. The van der Waals surface area contributed by atoms with E-state index >= 15 is 0 Å². The standard InChI is InChI=1S/C25H33FN2O3/c1-25(2,3)31-24(29)28-16-7-10-20-11-13-22(27-23(20)28)14-12-21(26)15-17-30-18-19-8-5-4-6-9-19/h4-6,8-9,11,13,21H,7,10,12,14-18H2,1-3H3. The molecule has 0 aliphatic carbocycles. The van der Waals surface area contributed by atoms with Crippen LogP contribution in [0, 0.1) is 0 Å². The van der Waals surface area contributed by atoms with E-state index in [9.17, 15) is 9.18 Å². The molecule has 3 rings (SSSR count). The third kappa shape index (κ3) is 7.31. The summed E-state index contributed by atoms with van der Waals surface area (Å²) in [5, 5.41) is 0. The minimum absolute atomic E-state index is 0.363. The van der Waals surface area contributed by atoms with Crippen molar-refractivity contribution in [3.05, 3.63) is 59.3 Å². The predicted molar refractivity (Wildman–Crippen MR) is 120 cm³/mol. The van der Waals surface area contributed by atoms with E-state index in [1.807, 2.05) is 63.2 Å². The first-order chi connectivity index (χ1) is 14.8. The molecule has 0 N–H and O–H groups in total. The highest BCUT2D eigenvalue weighted by atomic mass is 19.1. The SMILES string of the molecule is CC(C)(C)OC(=O)N1CCCc2ccc(CCC(F)CCOCc3ccccc3)nc21. The fraction of sp³-hybridized carbons (Fsp3) is 0.520. The lowest BCUT2D eigenvalue weighted by molar-refractivity contribution is 0.0576. The third-order valence-electron chi connectivity index (χ3n) is 5.11. The van der Waals surface area contributed by atoms with Gasteiger partial charge in [-0.2, -0.15) is 0 Å². The maximum Gasteiger partial charge on any atom is 0.416 e. The van der Waals surface area contributed by atoms with Crippen LogP contribution in [-0.2, 0) is 28.9 Å². The Kier molecular flexibility index (Phi) is 8.02. The molecule has 1 aliphatic heterocycles. The van der Waals surface area contributed by atoms with E-state index in [4.69, 9.17) is 9.47 Å². The van der Waals surface area contributed by atoms with Crippen LogP contribution in [0.15, 0.2) is 42.5 Å². The van der Waals surface area contributed by atoms with Crippen molar-refractivity contribution in [1.82, 2.24) is 4.98 Å². The van der Waals surface area contributed by atoms with Crippen LogP contribution in [0.3, 0.4) is 0 Å². The van der Waals surface area contributed by atoms with Crippen molar-refractivity contribution >= 4 is 11.9 Å². The second-order valence-corrected chi connectivity index (χ2v) is 8.98. The minimum atomic E-state index is -0.949. The zero-order valence-electron chi connectivity index (χ0n) is 18.8. The maximum absolute atomic E-state index is 14.4. The number of carbonyl (C=O) groups is 1. The monoisotopic (exact) mass is 428 g/mol. The van der Waals surface area contributed by atoms with Crippen molar-refractivity contribution in [2.24, 2.45) is 0 Å². The number of nitrogens with zero attached hydrogens (tertiary/aromatic N) is 2. The summed E-state index contributed by atoms with van der Waals surface area (Å²) in [6, 6.07) is 13.8. The van der Waals surface area contributed by atoms with Crippen molar-refractivity contribution in [2.75, 3.05) is 18.1 Å². The van der Waals surface area contributed by atoms with Crippen LogP contribution < -0.4 is 4.90 Å². The number of aromatic nitrogens is 1. The Morgan fingerprint density at radius 1 is 1.16 bits per heavy atom. The van der Waals surface area contributed by atoms with Crippen molar-refractivity contribution in [2.45, 2.75) is 71.3 Å². The average Bonchev–Trinajstić information content (AvgIpc) is 2.74. The van der Waals surface area contributed by atoms with E-state index in [1.165, 1.54) is 0 Å². The molecule has 0 spiro atoms. The molecule has 5 nitrogen and oxygen atoms in total. The fourth-order valence-corrected chi connectivity index (χ4v) is 3.54. The Hall–Kier alpha value is -2.47. The molecular weight excluding hydrogens is 395 g/mol. The summed E-state index contributed by atoms with van der Waals surface area (Å²) in [7, 11) is 0. The van der Waals surface area contributed by atoms with Crippen molar-refractivity contribution < 1.29 is 18.7 Å². The lowest BCUT2D eigenvalue weighted by Gasteiger charge is -2.31. The number of anilines is 1. The van der Waals surface area contributed by atoms with Gasteiger partial charge < -0.3 is 9.47 Å². The van der Waals surface area contributed by atoms with Gasteiger partial charge in [-0.05, 0) is 63.6 Å². The number of hydrogen-bond donors (Lipinski definition) is 0. The summed E-state index contributed by atoms with van der Waals surface area (Å²) in [5.41, 5.74) is 2.36. The van der Waals surface area contributed by atoms with E-state index in [0.29, 0.717) is 44.8 Å². The Labute approximate surface area is 184 Å². The van der Waals surface area contributed by atoms with Crippen molar-refractivity contribution in [3.8, 4) is 0 Å². The molecule has 31 heavy (non-hydrogen) atoms. The van der Waals surface area contributed by atoms with Crippen molar-refractivity contribution in [3.63, 3.8) is 0 Å². The van der Waals surface area contributed by atoms with Gasteiger partial charge in [-0.1, -0.05) is 36.4 Å². The lowest BCUT2D eigenvalue weighted by atomic mass is 10.0. The number of carbonyl (C=O) groups excluding carboxylic acids is 1. The van der Waals surface area contributed by atoms with Gasteiger partial charge >= 0.3 is 6.09 Å². The number of fused-ring (bicyclic) bond motifs is 1. The van der Waals surface area contributed by atoms with E-state index < -0.39 is 11.8 Å². The largest absolute Gasteiger partial charge is 0.443 e. The lowest BCUT2D eigenvalue weighted by Crippen LogP contribution is -2.40. The molecule has 1 atom stereocenters. The third-order valence-corrected chi connectivity index (χ3v) is 5.11. The summed E-state index contributed by atoms with van der Waals surface area (Å²) < 4.78 is 25.5. The Morgan fingerprint density at radius 2 is 1.94 bits per heavy atom. The number of rotatable bonds is 8. The molecular formula is C25H33FN2O3. The molecule has 1 unspecified atom stereocenters. The van der Waals surface area contributed by atoms with Crippen LogP contribution in [-0.4, -0.2) is 36.0 Å². The molecule has 0 bridgehead atoms. The molecule has 0 saturated carbocycles. The second-order valence-electron chi connectivity index (χ2n) is 8.98. The van der Waals surface area contributed by atoms with Gasteiger partial charge in [0.25, 0.3) is 0 Å². The van der Waals surface area contributed by atoms with E-state index in [1.54, 1.807) is 4.90 Å². The number of hydrogen-bond acceptors (Lipinski definition) is 4. The smallest absolute Gasteiger partial charge is 0.416 e. The number of ether oxygens (including phenoxy) is 2. The van der Waals surface area contributed by atoms with E-state index in [0.717, 1.165) is 29.7 Å². The second kappa shape index (κ2) is 10.7.